The first-order valence-electron chi connectivity index (χ1n) is 10.7. The molecule has 0 unspecified atom stereocenters. The van der Waals surface area contributed by atoms with Crippen LogP contribution in [-0.2, 0) is 9.53 Å². The molecule has 0 bridgehead atoms. The molecule has 3 aromatic rings. The second-order valence-electron chi connectivity index (χ2n) is 8.21. The van der Waals surface area contributed by atoms with E-state index in [9.17, 15) is 4.79 Å². The van der Waals surface area contributed by atoms with E-state index in [0.717, 1.165) is 65.2 Å². The minimum Gasteiger partial charge on any atom is -0.381 e. The summed E-state index contributed by atoms with van der Waals surface area (Å²) < 4.78 is 5.35. The lowest BCUT2D eigenvalue weighted by Crippen LogP contribution is -2.28. The van der Waals surface area contributed by atoms with Gasteiger partial charge in [-0.2, -0.15) is 0 Å². The molecule has 0 spiro atoms. The molecule has 0 saturated carbocycles. The summed E-state index contributed by atoms with van der Waals surface area (Å²) in [6.07, 6.45) is 4.44. The molecule has 9 heteroatoms. The first-order valence-corrected chi connectivity index (χ1v) is 11.5. The first kappa shape index (κ1) is 20.1. The van der Waals surface area contributed by atoms with Crippen molar-refractivity contribution >= 4 is 44.8 Å². The topological polar surface area (TPSA) is 83.5 Å². The number of anilines is 3. The van der Waals surface area contributed by atoms with Gasteiger partial charge >= 0.3 is 0 Å². The summed E-state index contributed by atoms with van der Waals surface area (Å²) in [6.45, 7) is 3.23. The van der Waals surface area contributed by atoms with Gasteiger partial charge in [-0.05, 0) is 37.0 Å². The lowest BCUT2D eigenvalue weighted by atomic mass is 10.00. The number of amides is 1. The zero-order valence-corrected chi connectivity index (χ0v) is 18.6. The van der Waals surface area contributed by atoms with Gasteiger partial charge in [-0.15, -0.1) is 10.2 Å². The summed E-state index contributed by atoms with van der Waals surface area (Å²) in [6, 6.07) is 6.22. The van der Waals surface area contributed by atoms with Crippen LogP contribution in [0.2, 0.25) is 0 Å². The van der Waals surface area contributed by atoms with E-state index >= 15 is 0 Å². The van der Waals surface area contributed by atoms with Gasteiger partial charge in [-0.1, -0.05) is 17.4 Å². The Morgan fingerprint density at radius 2 is 1.97 bits per heavy atom. The number of hydrogen-bond donors (Lipinski definition) is 1. The normalized spacial score (nSPS) is 17.5. The average molecular weight is 439 g/mol. The van der Waals surface area contributed by atoms with Crippen LogP contribution in [-0.4, -0.2) is 61.5 Å². The number of fused-ring (bicyclic) bond motifs is 3. The standard InChI is InChI=1S/C22H26N6O2S/c1-27-8-3-9-28(2)20-19(27)16-12-15(4-5-17(16)25-26-20)18-13-23-22(31-18)24-21(29)14-6-10-30-11-7-14/h4-5,12-14H,3,6-11H2,1-2H3,(H,23,24,29). The highest BCUT2D eigenvalue weighted by Gasteiger charge is 2.23. The number of carbonyl (C=O) groups excluding carboxylic acids is 1. The SMILES string of the molecule is CN1CCCN(C)c2c1nnc1ccc(-c3cnc(NC(=O)C4CCOCC4)s3)cc21. The molecular formula is C22H26N6O2S. The summed E-state index contributed by atoms with van der Waals surface area (Å²) in [4.78, 5) is 22.4. The van der Waals surface area contributed by atoms with Gasteiger partial charge in [0.1, 0.15) is 0 Å². The van der Waals surface area contributed by atoms with E-state index < -0.39 is 0 Å². The Balaban J connectivity index is 1.45. The molecule has 0 atom stereocenters. The number of hydrogen-bond acceptors (Lipinski definition) is 8. The van der Waals surface area contributed by atoms with Crippen LogP contribution in [0, 0.1) is 5.92 Å². The molecule has 4 heterocycles. The van der Waals surface area contributed by atoms with E-state index in [1.54, 1.807) is 0 Å². The number of carbonyl (C=O) groups is 1. The van der Waals surface area contributed by atoms with E-state index in [2.05, 4.69) is 50.5 Å². The Kier molecular flexibility index (Phi) is 5.45. The summed E-state index contributed by atoms with van der Waals surface area (Å²) in [7, 11) is 4.18. The van der Waals surface area contributed by atoms with E-state index in [0.29, 0.717) is 18.3 Å². The van der Waals surface area contributed by atoms with Gasteiger partial charge < -0.3 is 19.9 Å². The highest BCUT2D eigenvalue weighted by molar-refractivity contribution is 7.19. The summed E-state index contributed by atoms with van der Waals surface area (Å²) in [5, 5.41) is 13.6. The predicted octanol–water partition coefficient (Wildman–Crippen LogP) is 3.39. The second kappa shape index (κ2) is 8.39. The quantitative estimate of drug-likeness (QED) is 0.671. The fourth-order valence-corrected chi connectivity index (χ4v) is 5.08. The third kappa shape index (κ3) is 3.95. The fourth-order valence-electron chi connectivity index (χ4n) is 4.26. The van der Waals surface area contributed by atoms with Crippen LogP contribution < -0.4 is 15.1 Å². The fraction of sp³-hybridized carbons (Fsp3) is 0.455. The number of aromatic nitrogens is 3. The molecule has 8 nitrogen and oxygen atoms in total. The van der Waals surface area contributed by atoms with Crippen molar-refractivity contribution in [3.05, 3.63) is 24.4 Å². The Morgan fingerprint density at radius 1 is 1.16 bits per heavy atom. The van der Waals surface area contributed by atoms with Gasteiger partial charge in [0.15, 0.2) is 10.9 Å². The third-order valence-electron chi connectivity index (χ3n) is 6.06. The molecule has 31 heavy (non-hydrogen) atoms. The smallest absolute Gasteiger partial charge is 0.229 e. The van der Waals surface area contributed by atoms with E-state index in [4.69, 9.17) is 4.74 Å². The Hall–Kier alpha value is -2.78. The maximum absolute atomic E-state index is 12.5. The molecule has 0 aliphatic carbocycles. The van der Waals surface area contributed by atoms with Crippen molar-refractivity contribution < 1.29 is 9.53 Å². The Morgan fingerprint density at radius 3 is 2.81 bits per heavy atom. The molecule has 2 aromatic heterocycles. The molecule has 0 radical (unpaired) electrons. The van der Waals surface area contributed by atoms with Crippen LogP contribution >= 0.6 is 11.3 Å². The van der Waals surface area contributed by atoms with Crippen LogP contribution in [0.3, 0.4) is 0 Å². The van der Waals surface area contributed by atoms with Crippen LogP contribution in [0.4, 0.5) is 16.6 Å². The van der Waals surface area contributed by atoms with Crippen molar-refractivity contribution in [3.63, 3.8) is 0 Å². The molecule has 1 aromatic carbocycles. The summed E-state index contributed by atoms with van der Waals surface area (Å²) in [5.74, 6) is 0.953. The Bertz CT molecular complexity index is 1110. The van der Waals surface area contributed by atoms with E-state index in [1.807, 2.05) is 18.3 Å². The molecule has 1 amide bonds. The molecule has 162 valence electrons. The van der Waals surface area contributed by atoms with E-state index in [-0.39, 0.29) is 11.8 Å². The Labute approximate surface area is 185 Å². The number of ether oxygens (including phenoxy) is 1. The molecule has 2 aliphatic heterocycles. The predicted molar refractivity (Wildman–Crippen MR) is 124 cm³/mol. The largest absolute Gasteiger partial charge is 0.381 e. The van der Waals surface area contributed by atoms with Crippen LogP contribution in [0.1, 0.15) is 19.3 Å². The van der Waals surface area contributed by atoms with E-state index in [1.165, 1.54) is 11.3 Å². The van der Waals surface area contributed by atoms with Crippen molar-refractivity contribution in [1.29, 1.82) is 0 Å². The number of nitrogens with one attached hydrogen (secondary N) is 1. The highest BCUT2D eigenvalue weighted by Crippen LogP contribution is 2.38. The van der Waals surface area contributed by atoms with Gasteiger partial charge in [0.05, 0.1) is 16.1 Å². The molecule has 1 fully saturated rings. The number of benzene rings is 1. The first-order chi connectivity index (χ1) is 15.1. The molecule has 1 saturated heterocycles. The van der Waals surface area contributed by atoms with Crippen LogP contribution in [0.5, 0.6) is 0 Å². The minimum absolute atomic E-state index is 0.00308. The summed E-state index contributed by atoms with van der Waals surface area (Å²) in [5.41, 5.74) is 3.05. The van der Waals surface area contributed by atoms with Gasteiger partial charge in [-0.3, -0.25) is 4.79 Å². The van der Waals surface area contributed by atoms with Crippen molar-refractivity contribution in [1.82, 2.24) is 15.2 Å². The maximum atomic E-state index is 12.5. The number of rotatable bonds is 3. The monoisotopic (exact) mass is 438 g/mol. The average Bonchev–Trinajstić information content (AvgIpc) is 3.20. The van der Waals surface area contributed by atoms with Crippen molar-refractivity contribution in [3.8, 4) is 10.4 Å². The lowest BCUT2D eigenvalue weighted by Gasteiger charge is -2.22. The van der Waals surface area contributed by atoms with Crippen molar-refractivity contribution in [2.75, 3.05) is 55.5 Å². The third-order valence-corrected chi connectivity index (χ3v) is 7.02. The maximum Gasteiger partial charge on any atom is 0.229 e. The van der Waals surface area contributed by atoms with Gasteiger partial charge in [-0.25, -0.2) is 4.98 Å². The van der Waals surface area contributed by atoms with Gasteiger partial charge in [0.25, 0.3) is 0 Å². The highest BCUT2D eigenvalue weighted by atomic mass is 32.1. The van der Waals surface area contributed by atoms with Crippen LogP contribution in [0.15, 0.2) is 24.4 Å². The zero-order valence-electron chi connectivity index (χ0n) is 17.8. The lowest BCUT2D eigenvalue weighted by molar-refractivity contribution is -0.122. The van der Waals surface area contributed by atoms with Crippen molar-refractivity contribution in [2.24, 2.45) is 5.92 Å². The minimum atomic E-state index is 0.00308. The second-order valence-corrected chi connectivity index (χ2v) is 9.24. The van der Waals surface area contributed by atoms with Gasteiger partial charge in [0.2, 0.25) is 5.91 Å². The van der Waals surface area contributed by atoms with Crippen LogP contribution in [0.25, 0.3) is 21.3 Å². The zero-order chi connectivity index (χ0) is 21.4. The number of thiazole rings is 1. The summed E-state index contributed by atoms with van der Waals surface area (Å²) >= 11 is 1.50. The number of nitrogens with zero attached hydrogens (tertiary/aromatic N) is 5. The van der Waals surface area contributed by atoms with Crippen molar-refractivity contribution in [2.45, 2.75) is 19.3 Å². The molecule has 2 aliphatic rings. The van der Waals surface area contributed by atoms with Gasteiger partial charge in [0, 0.05) is 57.9 Å². The molecular weight excluding hydrogens is 412 g/mol. The molecule has 1 N–H and O–H groups in total. The molecule has 5 rings (SSSR count).